The average Bonchev–Trinajstić information content (AvgIpc) is 2.87. The predicted octanol–water partition coefficient (Wildman–Crippen LogP) is 3.47. The van der Waals surface area contributed by atoms with Crippen LogP contribution < -0.4 is 0 Å². The monoisotopic (exact) mass is 237 g/mol. The maximum Gasteiger partial charge on any atom is 0.198 e. The number of nitrogens with zero attached hydrogens (tertiary/aromatic N) is 1. The molecule has 0 saturated heterocycles. The Morgan fingerprint density at radius 1 is 1.38 bits per heavy atom. The number of hydrogen-bond donors (Lipinski definition) is 0. The van der Waals surface area contributed by atoms with Crippen LogP contribution in [0.25, 0.3) is 11.1 Å². The third kappa shape index (κ3) is 1.27. The fraction of sp³-hybridized carbons (Fsp3) is 0.300. The second kappa shape index (κ2) is 2.58. The van der Waals surface area contributed by atoms with Crippen molar-refractivity contribution in [3.05, 3.63) is 28.6 Å². The summed E-state index contributed by atoms with van der Waals surface area (Å²) in [6.45, 7) is 0. The van der Waals surface area contributed by atoms with Crippen LogP contribution in [0, 0.1) is 0 Å². The van der Waals surface area contributed by atoms with Gasteiger partial charge in [0, 0.05) is 10.4 Å². The fourth-order valence-corrected chi connectivity index (χ4v) is 1.77. The summed E-state index contributed by atoms with van der Waals surface area (Å²) in [5.74, 6) is 1.50. The van der Waals surface area contributed by atoms with E-state index in [0.29, 0.717) is 5.92 Å². The molecular formula is C10H8BrNO. The lowest BCUT2D eigenvalue weighted by Crippen LogP contribution is -1.75. The summed E-state index contributed by atoms with van der Waals surface area (Å²) >= 11 is 3.41. The molecule has 1 fully saturated rings. The molecule has 0 amide bonds. The highest BCUT2D eigenvalue weighted by Gasteiger charge is 2.28. The van der Waals surface area contributed by atoms with Gasteiger partial charge in [0.25, 0.3) is 0 Å². The third-order valence-corrected chi connectivity index (χ3v) is 2.79. The van der Waals surface area contributed by atoms with Gasteiger partial charge in [0.05, 0.1) is 0 Å². The van der Waals surface area contributed by atoms with Gasteiger partial charge < -0.3 is 4.42 Å². The van der Waals surface area contributed by atoms with E-state index in [1.54, 1.807) is 0 Å². The van der Waals surface area contributed by atoms with E-state index in [-0.39, 0.29) is 0 Å². The maximum absolute atomic E-state index is 5.62. The fourth-order valence-electron chi connectivity index (χ4n) is 1.42. The summed E-state index contributed by atoms with van der Waals surface area (Å²) < 4.78 is 6.67. The molecular weight excluding hydrogens is 230 g/mol. The number of halogens is 1. The molecule has 0 spiro atoms. The first-order valence-corrected chi connectivity index (χ1v) is 5.18. The van der Waals surface area contributed by atoms with E-state index in [4.69, 9.17) is 4.42 Å². The lowest BCUT2D eigenvalue weighted by Gasteiger charge is -1.86. The van der Waals surface area contributed by atoms with Crippen molar-refractivity contribution in [3.63, 3.8) is 0 Å². The van der Waals surface area contributed by atoms with Crippen molar-refractivity contribution in [2.75, 3.05) is 0 Å². The van der Waals surface area contributed by atoms with Crippen molar-refractivity contribution in [3.8, 4) is 0 Å². The Morgan fingerprint density at radius 2 is 2.23 bits per heavy atom. The van der Waals surface area contributed by atoms with Crippen LogP contribution in [0.5, 0.6) is 0 Å². The molecule has 0 bridgehead atoms. The molecule has 0 atom stereocenters. The van der Waals surface area contributed by atoms with Gasteiger partial charge in [0.1, 0.15) is 5.52 Å². The van der Waals surface area contributed by atoms with Gasteiger partial charge in [-0.2, -0.15) is 0 Å². The van der Waals surface area contributed by atoms with Crippen LogP contribution >= 0.6 is 15.9 Å². The van der Waals surface area contributed by atoms with E-state index >= 15 is 0 Å². The number of fused-ring (bicyclic) bond motifs is 1. The van der Waals surface area contributed by atoms with Gasteiger partial charge in [-0.25, -0.2) is 4.98 Å². The molecule has 0 unspecified atom stereocenters. The van der Waals surface area contributed by atoms with E-state index in [2.05, 4.69) is 20.9 Å². The van der Waals surface area contributed by atoms with Gasteiger partial charge in [-0.3, -0.25) is 0 Å². The summed E-state index contributed by atoms with van der Waals surface area (Å²) in [5, 5.41) is 0. The van der Waals surface area contributed by atoms with Crippen molar-refractivity contribution in [2.45, 2.75) is 18.8 Å². The second-order valence-electron chi connectivity index (χ2n) is 3.44. The van der Waals surface area contributed by atoms with Crippen molar-refractivity contribution in [1.29, 1.82) is 0 Å². The zero-order valence-corrected chi connectivity index (χ0v) is 8.54. The van der Waals surface area contributed by atoms with Crippen molar-refractivity contribution in [2.24, 2.45) is 0 Å². The average molecular weight is 238 g/mol. The largest absolute Gasteiger partial charge is 0.440 e. The maximum atomic E-state index is 5.62. The van der Waals surface area contributed by atoms with Crippen molar-refractivity contribution in [1.82, 2.24) is 4.98 Å². The SMILES string of the molecule is Brc1ccc2oc(C3CC3)nc2c1. The molecule has 3 rings (SSSR count). The molecule has 2 aromatic rings. The van der Waals surface area contributed by atoms with Crippen molar-refractivity contribution < 1.29 is 4.42 Å². The van der Waals surface area contributed by atoms with Crippen molar-refractivity contribution >= 4 is 27.0 Å². The van der Waals surface area contributed by atoms with Gasteiger partial charge in [0.15, 0.2) is 11.5 Å². The van der Waals surface area contributed by atoms with Gasteiger partial charge >= 0.3 is 0 Å². The first kappa shape index (κ1) is 7.56. The van der Waals surface area contributed by atoms with Crippen LogP contribution in [-0.2, 0) is 0 Å². The molecule has 0 N–H and O–H groups in total. The van der Waals surface area contributed by atoms with Crippen LogP contribution in [-0.4, -0.2) is 4.98 Å². The number of rotatable bonds is 1. The van der Waals surface area contributed by atoms with E-state index in [1.165, 1.54) is 12.8 Å². The van der Waals surface area contributed by atoms with Crippen LogP contribution in [0.1, 0.15) is 24.7 Å². The Bertz CT molecular complexity index is 459. The lowest BCUT2D eigenvalue weighted by molar-refractivity contribution is 0.533. The molecule has 66 valence electrons. The van der Waals surface area contributed by atoms with Crippen LogP contribution in [0.15, 0.2) is 27.1 Å². The van der Waals surface area contributed by atoms with Gasteiger partial charge in [-0.15, -0.1) is 0 Å². The topological polar surface area (TPSA) is 26.0 Å². The number of aromatic nitrogens is 1. The number of benzene rings is 1. The zero-order chi connectivity index (χ0) is 8.84. The highest BCUT2D eigenvalue weighted by molar-refractivity contribution is 9.10. The Kier molecular flexibility index (Phi) is 1.50. The molecule has 0 radical (unpaired) electrons. The minimum atomic E-state index is 0.589. The van der Waals surface area contributed by atoms with E-state index in [0.717, 1.165) is 21.5 Å². The summed E-state index contributed by atoms with van der Waals surface area (Å²) in [6.07, 6.45) is 2.46. The highest BCUT2D eigenvalue weighted by atomic mass is 79.9. The Labute approximate surface area is 84.1 Å². The first-order chi connectivity index (χ1) is 6.33. The summed E-state index contributed by atoms with van der Waals surface area (Å²) in [7, 11) is 0. The Morgan fingerprint density at radius 3 is 3.00 bits per heavy atom. The predicted molar refractivity (Wildman–Crippen MR) is 53.7 cm³/mol. The molecule has 1 aromatic carbocycles. The molecule has 1 saturated carbocycles. The van der Waals surface area contributed by atoms with E-state index in [9.17, 15) is 0 Å². The van der Waals surface area contributed by atoms with E-state index < -0.39 is 0 Å². The molecule has 0 aliphatic heterocycles. The molecule has 3 heteroatoms. The molecule has 1 aliphatic rings. The summed E-state index contributed by atoms with van der Waals surface area (Å²) in [5.41, 5.74) is 1.85. The standard InChI is InChI=1S/C10H8BrNO/c11-7-3-4-9-8(5-7)12-10(13-9)6-1-2-6/h3-6H,1-2H2. The molecule has 1 aliphatic carbocycles. The zero-order valence-electron chi connectivity index (χ0n) is 6.96. The third-order valence-electron chi connectivity index (χ3n) is 2.29. The highest BCUT2D eigenvalue weighted by Crippen LogP contribution is 2.40. The Balaban J connectivity index is 2.20. The molecule has 2 nitrogen and oxygen atoms in total. The van der Waals surface area contributed by atoms with Crippen LogP contribution in [0.3, 0.4) is 0 Å². The van der Waals surface area contributed by atoms with Gasteiger partial charge in [0.2, 0.25) is 0 Å². The number of oxazole rings is 1. The lowest BCUT2D eigenvalue weighted by atomic mass is 10.3. The van der Waals surface area contributed by atoms with E-state index in [1.807, 2.05) is 18.2 Å². The van der Waals surface area contributed by atoms with Crippen LogP contribution in [0.4, 0.5) is 0 Å². The molecule has 13 heavy (non-hydrogen) atoms. The van der Waals surface area contributed by atoms with Gasteiger partial charge in [-0.1, -0.05) is 15.9 Å². The summed E-state index contributed by atoms with van der Waals surface area (Å²) in [6, 6.07) is 5.92. The minimum Gasteiger partial charge on any atom is -0.440 e. The smallest absolute Gasteiger partial charge is 0.198 e. The minimum absolute atomic E-state index is 0.589. The summed E-state index contributed by atoms with van der Waals surface area (Å²) in [4.78, 5) is 4.44. The van der Waals surface area contributed by atoms with Crippen LogP contribution in [0.2, 0.25) is 0 Å². The quantitative estimate of drug-likeness (QED) is 0.760. The molecule has 1 heterocycles. The Hall–Kier alpha value is -0.830. The van der Waals surface area contributed by atoms with Gasteiger partial charge in [-0.05, 0) is 31.0 Å². The molecule has 1 aromatic heterocycles. The normalized spacial score (nSPS) is 16.7. The second-order valence-corrected chi connectivity index (χ2v) is 4.35. The first-order valence-electron chi connectivity index (χ1n) is 4.39. The number of hydrogen-bond acceptors (Lipinski definition) is 2.